The zero-order chi connectivity index (χ0) is 15.3. The number of aliphatic imine (C=N–C) groups is 1. The average molecular weight is 327 g/mol. The molecule has 0 amide bonds. The van der Waals surface area contributed by atoms with E-state index in [4.69, 9.17) is 5.11 Å². The molecule has 0 radical (unpaired) electrons. The van der Waals surface area contributed by atoms with Crippen molar-refractivity contribution >= 4 is 63.1 Å². The van der Waals surface area contributed by atoms with Crippen LogP contribution in [0.2, 0.25) is 0 Å². The second kappa shape index (κ2) is 9.04. The Labute approximate surface area is 164 Å². The Morgan fingerprint density at radius 2 is 1.76 bits per heavy atom. The van der Waals surface area contributed by atoms with Gasteiger partial charge < -0.3 is 5.11 Å². The van der Waals surface area contributed by atoms with Gasteiger partial charge in [0.2, 0.25) is 0 Å². The Morgan fingerprint density at radius 3 is 2.14 bits per heavy atom. The molecular weight excluding hydrogens is 310 g/mol. The van der Waals surface area contributed by atoms with Crippen LogP contribution in [0.15, 0.2) is 35.3 Å². The molecule has 1 aromatic rings. The van der Waals surface area contributed by atoms with Crippen molar-refractivity contribution in [1.82, 2.24) is 0 Å². The molecule has 0 spiro atoms. The third-order valence-corrected chi connectivity index (χ3v) is 2.58. The summed E-state index contributed by atoms with van der Waals surface area (Å²) in [6.07, 6.45) is -4.63. The number of nitrogens with zero attached hydrogens (tertiary/aromatic N) is 1. The monoisotopic (exact) mass is 327 g/mol. The van der Waals surface area contributed by atoms with Crippen LogP contribution in [-0.4, -0.2) is 80.4 Å². The van der Waals surface area contributed by atoms with Crippen LogP contribution >= 0.6 is 0 Å². The molecule has 1 aromatic carbocycles. The summed E-state index contributed by atoms with van der Waals surface area (Å²) >= 11 is 0. The number of alkyl halides is 3. The van der Waals surface area contributed by atoms with Gasteiger partial charge in [0.15, 0.2) is 0 Å². The van der Waals surface area contributed by atoms with Crippen molar-refractivity contribution in [2.45, 2.75) is 32.5 Å². The second-order valence-electron chi connectivity index (χ2n) is 4.83. The van der Waals surface area contributed by atoms with Crippen LogP contribution in [0.1, 0.15) is 25.8 Å². The van der Waals surface area contributed by atoms with E-state index in [0.717, 1.165) is 0 Å². The number of aliphatic carboxylic acids is 1. The Morgan fingerprint density at radius 1 is 1.24 bits per heavy atom. The summed E-state index contributed by atoms with van der Waals surface area (Å²) in [6.45, 7) is 3.47. The third-order valence-electron chi connectivity index (χ3n) is 2.58. The molecular formula is C14H17F3KNO2. The van der Waals surface area contributed by atoms with Gasteiger partial charge in [0.05, 0.1) is 0 Å². The third kappa shape index (κ3) is 7.06. The summed E-state index contributed by atoms with van der Waals surface area (Å²) in [5.74, 6) is -1.42. The van der Waals surface area contributed by atoms with E-state index >= 15 is 0 Å². The van der Waals surface area contributed by atoms with E-state index in [1.165, 1.54) is 24.3 Å². The predicted octanol–water partition coefficient (Wildman–Crippen LogP) is 2.89. The van der Waals surface area contributed by atoms with E-state index in [1.54, 1.807) is 19.9 Å². The zero-order valence-corrected chi connectivity index (χ0v) is 11.2. The van der Waals surface area contributed by atoms with Gasteiger partial charge in [-0.3, -0.25) is 4.99 Å². The SMILES string of the molecule is CC(C)C[C@H](/N=C(\c1ccccc1)C(F)(F)F)C(=O)O.[KH]. The summed E-state index contributed by atoms with van der Waals surface area (Å²) in [6, 6.07) is 5.62. The summed E-state index contributed by atoms with van der Waals surface area (Å²) in [4.78, 5) is 14.5. The maximum absolute atomic E-state index is 13.0. The summed E-state index contributed by atoms with van der Waals surface area (Å²) in [5, 5.41) is 9.01. The zero-order valence-electron chi connectivity index (χ0n) is 11.2. The predicted molar refractivity (Wildman–Crippen MR) is 77.1 cm³/mol. The van der Waals surface area contributed by atoms with Gasteiger partial charge >= 0.3 is 63.5 Å². The first-order valence-electron chi connectivity index (χ1n) is 6.15. The number of hydrogen-bond acceptors (Lipinski definition) is 2. The molecule has 1 rings (SSSR count). The average Bonchev–Trinajstić information content (AvgIpc) is 2.33. The van der Waals surface area contributed by atoms with Crippen LogP contribution in [0.5, 0.6) is 0 Å². The van der Waals surface area contributed by atoms with Crippen molar-refractivity contribution < 1.29 is 23.1 Å². The molecule has 0 fully saturated rings. The fourth-order valence-electron chi connectivity index (χ4n) is 1.72. The van der Waals surface area contributed by atoms with Gasteiger partial charge in [0.25, 0.3) is 0 Å². The summed E-state index contributed by atoms with van der Waals surface area (Å²) in [7, 11) is 0. The Balaban J connectivity index is 0.00000400. The molecule has 0 aliphatic carbocycles. The number of hydrogen-bond donors (Lipinski definition) is 1. The van der Waals surface area contributed by atoms with Gasteiger partial charge in [-0.15, -0.1) is 0 Å². The van der Waals surface area contributed by atoms with Crippen LogP contribution in [0.4, 0.5) is 13.2 Å². The van der Waals surface area contributed by atoms with Crippen molar-refractivity contribution in [2.75, 3.05) is 0 Å². The van der Waals surface area contributed by atoms with Crippen LogP contribution in [-0.2, 0) is 4.79 Å². The van der Waals surface area contributed by atoms with E-state index in [2.05, 4.69) is 4.99 Å². The van der Waals surface area contributed by atoms with Crippen molar-refractivity contribution in [3.63, 3.8) is 0 Å². The molecule has 0 saturated carbocycles. The number of carboxylic acid groups (broad SMARTS) is 1. The maximum atomic E-state index is 13.0. The van der Waals surface area contributed by atoms with Gasteiger partial charge in [-0.25, -0.2) is 4.79 Å². The Kier molecular flexibility index (Phi) is 8.95. The minimum atomic E-state index is -4.69. The molecule has 1 N–H and O–H groups in total. The molecule has 0 unspecified atom stereocenters. The first-order chi connectivity index (χ1) is 9.21. The fourth-order valence-corrected chi connectivity index (χ4v) is 1.72. The van der Waals surface area contributed by atoms with Crippen molar-refractivity contribution in [3.8, 4) is 0 Å². The van der Waals surface area contributed by atoms with E-state index in [-0.39, 0.29) is 69.3 Å². The van der Waals surface area contributed by atoms with E-state index in [0.29, 0.717) is 0 Å². The molecule has 0 aliphatic heterocycles. The molecule has 0 aromatic heterocycles. The molecule has 0 aliphatic rings. The molecule has 0 heterocycles. The molecule has 112 valence electrons. The van der Waals surface area contributed by atoms with E-state index < -0.39 is 23.9 Å². The number of carbonyl (C=O) groups is 1. The molecule has 0 saturated heterocycles. The first-order valence-corrected chi connectivity index (χ1v) is 6.15. The topological polar surface area (TPSA) is 49.7 Å². The number of rotatable bonds is 5. The number of benzene rings is 1. The van der Waals surface area contributed by atoms with Crippen molar-refractivity contribution in [2.24, 2.45) is 10.9 Å². The Hall–Kier alpha value is -0.214. The Bertz CT molecular complexity index is 487. The van der Waals surface area contributed by atoms with Crippen LogP contribution in [0, 0.1) is 5.92 Å². The number of halogens is 3. The quantitative estimate of drug-likeness (QED) is 0.668. The standard InChI is InChI=1S/C14H16F3NO2.K.H/c1-9(2)8-11(13(19)20)18-12(14(15,16)17)10-6-4-3-5-7-10;;/h3-7,9,11H,8H2,1-2H3,(H,19,20);;/b18-12+;;/t11-;;/m0../s1. The van der Waals surface area contributed by atoms with Crippen molar-refractivity contribution in [1.29, 1.82) is 0 Å². The van der Waals surface area contributed by atoms with Crippen LogP contribution < -0.4 is 0 Å². The van der Waals surface area contributed by atoms with Crippen LogP contribution in [0.25, 0.3) is 0 Å². The van der Waals surface area contributed by atoms with Crippen LogP contribution in [0.3, 0.4) is 0 Å². The van der Waals surface area contributed by atoms with Gasteiger partial charge in [-0.2, -0.15) is 13.2 Å². The summed E-state index contributed by atoms with van der Waals surface area (Å²) < 4.78 is 39.1. The molecule has 21 heavy (non-hydrogen) atoms. The van der Waals surface area contributed by atoms with E-state index in [1.807, 2.05) is 0 Å². The molecule has 3 nitrogen and oxygen atoms in total. The second-order valence-corrected chi connectivity index (χ2v) is 4.83. The van der Waals surface area contributed by atoms with Gasteiger partial charge in [0.1, 0.15) is 11.8 Å². The molecule has 1 atom stereocenters. The molecule has 7 heteroatoms. The van der Waals surface area contributed by atoms with Gasteiger partial charge in [0, 0.05) is 5.56 Å². The normalized spacial score (nSPS) is 13.7. The van der Waals surface area contributed by atoms with Gasteiger partial charge in [-0.05, 0) is 12.3 Å². The summed E-state index contributed by atoms with van der Waals surface area (Å²) in [5.41, 5.74) is -1.28. The minimum absolute atomic E-state index is 0. The van der Waals surface area contributed by atoms with E-state index in [9.17, 15) is 18.0 Å². The number of carboxylic acids is 1. The van der Waals surface area contributed by atoms with Gasteiger partial charge in [-0.1, -0.05) is 44.2 Å². The fraction of sp³-hybridized carbons (Fsp3) is 0.429. The molecule has 0 bridgehead atoms. The van der Waals surface area contributed by atoms with Crippen molar-refractivity contribution in [3.05, 3.63) is 35.9 Å². The first kappa shape index (κ1) is 20.8.